The van der Waals surface area contributed by atoms with Crippen LogP contribution in [0.3, 0.4) is 0 Å². The standard InChI is InChI=1S/C14H20N4O2/c1-14(2,13-19-8-9-20-13)4-3-5-17-12-11(10-15)16-6-7-18-12/h6-7,13H,3-5,8-9H2,1-2H3,(H,17,18). The molecule has 108 valence electrons. The van der Waals surface area contributed by atoms with E-state index in [1.165, 1.54) is 6.20 Å². The van der Waals surface area contributed by atoms with Gasteiger partial charge in [0, 0.05) is 24.4 Å². The first-order valence-corrected chi connectivity index (χ1v) is 6.82. The van der Waals surface area contributed by atoms with Crippen LogP contribution in [0.15, 0.2) is 12.4 Å². The fourth-order valence-electron chi connectivity index (χ4n) is 2.23. The number of hydrogen-bond acceptors (Lipinski definition) is 6. The lowest BCUT2D eigenvalue weighted by atomic mass is 9.87. The summed E-state index contributed by atoms with van der Waals surface area (Å²) in [6.07, 6.45) is 4.88. The lowest BCUT2D eigenvalue weighted by Gasteiger charge is -2.29. The number of nitrogens with one attached hydrogen (secondary N) is 1. The van der Waals surface area contributed by atoms with Gasteiger partial charge in [-0.1, -0.05) is 13.8 Å². The van der Waals surface area contributed by atoms with Crippen LogP contribution in [0, 0.1) is 16.7 Å². The Morgan fingerprint density at radius 3 is 2.75 bits per heavy atom. The van der Waals surface area contributed by atoms with Gasteiger partial charge in [0.05, 0.1) is 13.2 Å². The van der Waals surface area contributed by atoms with Crippen LogP contribution >= 0.6 is 0 Å². The molecule has 0 aromatic carbocycles. The maximum Gasteiger partial charge on any atom is 0.182 e. The Morgan fingerprint density at radius 1 is 1.35 bits per heavy atom. The minimum Gasteiger partial charge on any atom is -0.368 e. The summed E-state index contributed by atoms with van der Waals surface area (Å²) in [7, 11) is 0. The van der Waals surface area contributed by atoms with Crippen molar-refractivity contribution in [1.82, 2.24) is 9.97 Å². The molecule has 1 aromatic heterocycles. The van der Waals surface area contributed by atoms with E-state index in [1.807, 2.05) is 6.07 Å². The Labute approximate surface area is 119 Å². The largest absolute Gasteiger partial charge is 0.368 e. The molecular weight excluding hydrogens is 256 g/mol. The van der Waals surface area contributed by atoms with Crippen molar-refractivity contribution in [1.29, 1.82) is 5.26 Å². The van der Waals surface area contributed by atoms with Crippen molar-refractivity contribution >= 4 is 5.82 Å². The van der Waals surface area contributed by atoms with Crippen LogP contribution in [-0.4, -0.2) is 36.0 Å². The Hall–Kier alpha value is -1.71. The first-order chi connectivity index (χ1) is 9.63. The normalized spacial score (nSPS) is 16.1. The Morgan fingerprint density at radius 2 is 2.05 bits per heavy atom. The fraction of sp³-hybridized carbons (Fsp3) is 0.643. The molecule has 0 unspecified atom stereocenters. The average molecular weight is 276 g/mol. The third-order valence-corrected chi connectivity index (χ3v) is 3.35. The third-order valence-electron chi connectivity index (χ3n) is 3.35. The molecule has 0 bridgehead atoms. The van der Waals surface area contributed by atoms with Gasteiger partial charge in [0.1, 0.15) is 6.07 Å². The first kappa shape index (κ1) is 14.7. The zero-order valence-corrected chi connectivity index (χ0v) is 11.9. The number of aromatic nitrogens is 2. The van der Waals surface area contributed by atoms with E-state index in [9.17, 15) is 0 Å². The molecule has 1 aliphatic heterocycles. The van der Waals surface area contributed by atoms with Gasteiger partial charge in [0.25, 0.3) is 0 Å². The lowest BCUT2D eigenvalue weighted by molar-refractivity contribution is -0.122. The van der Waals surface area contributed by atoms with Crippen LogP contribution in [0.5, 0.6) is 0 Å². The number of nitriles is 1. The summed E-state index contributed by atoms with van der Waals surface area (Å²) in [5.41, 5.74) is 0.313. The van der Waals surface area contributed by atoms with E-state index in [-0.39, 0.29) is 11.7 Å². The predicted octanol–water partition coefficient (Wildman–Crippen LogP) is 1.94. The molecule has 1 N–H and O–H groups in total. The van der Waals surface area contributed by atoms with Crippen LogP contribution < -0.4 is 5.32 Å². The van der Waals surface area contributed by atoms with Gasteiger partial charge in [-0.05, 0) is 12.8 Å². The molecule has 0 saturated carbocycles. The van der Waals surface area contributed by atoms with E-state index in [4.69, 9.17) is 14.7 Å². The minimum atomic E-state index is -0.117. The Bertz CT molecular complexity index is 478. The third kappa shape index (κ3) is 3.65. The summed E-state index contributed by atoms with van der Waals surface area (Å²) in [5, 5.41) is 12.1. The summed E-state index contributed by atoms with van der Waals surface area (Å²) in [4.78, 5) is 8.08. The monoisotopic (exact) mass is 276 g/mol. The molecule has 1 fully saturated rings. The van der Waals surface area contributed by atoms with E-state index in [1.54, 1.807) is 6.20 Å². The Kier molecular flexibility index (Phi) is 4.88. The van der Waals surface area contributed by atoms with Crippen LogP contribution in [0.1, 0.15) is 32.4 Å². The number of hydrogen-bond donors (Lipinski definition) is 1. The van der Waals surface area contributed by atoms with Crippen LogP contribution in [-0.2, 0) is 9.47 Å². The number of nitrogens with zero attached hydrogens (tertiary/aromatic N) is 3. The van der Waals surface area contributed by atoms with Crippen LogP contribution in [0.2, 0.25) is 0 Å². The maximum absolute atomic E-state index is 8.92. The van der Waals surface area contributed by atoms with Gasteiger partial charge in [-0.2, -0.15) is 5.26 Å². The van der Waals surface area contributed by atoms with Crippen molar-refractivity contribution in [2.45, 2.75) is 33.0 Å². The molecule has 2 rings (SSSR count). The van der Waals surface area contributed by atoms with Crippen LogP contribution in [0.25, 0.3) is 0 Å². The molecule has 0 aliphatic carbocycles. The number of anilines is 1. The van der Waals surface area contributed by atoms with Crippen molar-refractivity contribution in [3.8, 4) is 6.07 Å². The molecule has 20 heavy (non-hydrogen) atoms. The van der Waals surface area contributed by atoms with E-state index in [0.29, 0.717) is 24.7 Å². The van der Waals surface area contributed by atoms with Crippen molar-refractivity contribution in [3.05, 3.63) is 18.1 Å². The number of rotatable bonds is 6. The molecule has 1 aliphatic rings. The highest BCUT2D eigenvalue weighted by atomic mass is 16.7. The van der Waals surface area contributed by atoms with Gasteiger partial charge >= 0.3 is 0 Å². The van der Waals surface area contributed by atoms with Gasteiger partial charge < -0.3 is 14.8 Å². The predicted molar refractivity (Wildman–Crippen MR) is 73.9 cm³/mol. The maximum atomic E-state index is 8.92. The van der Waals surface area contributed by atoms with Gasteiger partial charge in [0.15, 0.2) is 17.8 Å². The Balaban J connectivity index is 1.77. The molecule has 0 radical (unpaired) electrons. The zero-order chi connectivity index (χ0) is 14.4. The molecule has 2 heterocycles. The smallest absolute Gasteiger partial charge is 0.182 e. The summed E-state index contributed by atoms with van der Waals surface area (Å²) < 4.78 is 11.1. The van der Waals surface area contributed by atoms with Gasteiger partial charge in [-0.15, -0.1) is 0 Å². The highest BCUT2D eigenvalue weighted by molar-refractivity contribution is 5.46. The SMILES string of the molecule is CC(C)(CCCNc1nccnc1C#N)C1OCCO1. The van der Waals surface area contributed by atoms with Crippen molar-refractivity contribution < 1.29 is 9.47 Å². The van der Waals surface area contributed by atoms with E-state index in [0.717, 1.165) is 19.4 Å². The average Bonchev–Trinajstić information content (AvgIpc) is 2.99. The second-order valence-electron chi connectivity index (χ2n) is 5.46. The van der Waals surface area contributed by atoms with Gasteiger partial charge in [-0.3, -0.25) is 0 Å². The molecular formula is C14H20N4O2. The topological polar surface area (TPSA) is 80.1 Å². The van der Waals surface area contributed by atoms with Gasteiger partial charge in [-0.25, -0.2) is 9.97 Å². The van der Waals surface area contributed by atoms with Crippen molar-refractivity contribution in [2.24, 2.45) is 5.41 Å². The first-order valence-electron chi connectivity index (χ1n) is 6.82. The molecule has 0 spiro atoms. The molecule has 0 amide bonds. The second-order valence-corrected chi connectivity index (χ2v) is 5.46. The fourth-order valence-corrected chi connectivity index (χ4v) is 2.23. The molecule has 6 heteroatoms. The molecule has 1 saturated heterocycles. The van der Waals surface area contributed by atoms with Crippen molar-refractivity contribution in [3.63, 3.8) is 0 Å². The highest BCUT2D eigenvalue weighted by Gasteiger charge is 2.33. The molecule has 1 aromatic rings. The number of ether oxygens (including phenoxy) is 2. The lowest BCUT2D eigenvalue weighted by Crippen LogP contribution is -2.30. The zero-order valence-electron chi connectivity index (χ0n) is 11.9. The van der Waals surface area contributed by atoms with Crippen LogP contribution in [0.4, 0.5) is 5.82 Å². The second kappa shape index (κ2) is 6.64. The summed E-state index contributed by atoms with van der Waals surface area (Å²) in [5.74, 6) is 0.543. The van der Waals surface area contributed by atoms with Gasteiger partial charge in [0.2, 0.25) is 0 Å². The highest BCUT2D eigenvalue weighted by Crippen LogP contribution is 2.32. The summed E-state index contributed by atoms with van der Waals surface area (Å²) in [6, 6.07) is 2.02. The van der Waals surface area contributed by atoms with E-state index < -0.39 is 0 Å². The summed E-state index contributed by atoms with van der Waals surface area (Å²) >= 11 is 0. The van der Waals surface area contributed by atoms with E-state index in [2.05, 4.69) is 29.1 Å². The van der Waals surface area contributed by atoms with E-state index >= 15 is 0 Å². The summed E-state index contributed by atoms with van der Waals surface area (Å²) in [6.45, 7) is 6.39. The quantitative estimate of drug-likeness (QED) is 0.800. The van der Waals surface area contributed by atoms with Crippen molar-refractivity contribution in [2.75, 3.05) is 25.1 Å². The molecule has 0 atom stereocenters. The minimum absolute atomic E-state index is 0.0153. The molecule has 6 nitrogen and oxygen atoms in total.